The summed E-state index contributed by atoms with van der Waals surface area (Å²) in [6.45, 7) is 7.69. The first kappa shape index (κ1) is 21.4. The number of nitrogens with one attached hydrogen (secondary N) is 2. The van der Waals surface area contributed by atoms with Crippen molar-refractivity contribution in [3.05, 3.63) is 52.7 Å². The molecule has 0 amide bonds. The van der Waals surface area contributed by atoms with Crippen molar-refractivity contribution < 1.29 is 8.91 Å². The summed E-state index contributed by atoms with van der Waals surface area (Å²) in [5.74, 6) is 1.30. The number of rotatable bonds is 7. The summed E-state index contributed by atoms with van der Waals surface area (Å²) in [6.07, 6.45) is 1.62. The second kappa shape index (κ2) is 11.1. The number of benzene rings is 1. The highest BCUT2D eigenvalue weighted by molar-refractivity contribution is 14.0. The number of hydrogen-bond acceptors (Lipinski definition) is 3. The van der Waals surface area contributed by atoms with Gasteiger partial charge in [-0.1, -0.05) is 37.2 Å². The molecule has 1 heterocycles. The number of hydrogen-bond donors (Lipinski definition) is 2. The summed E-state index contributed by atoms with van der Waals surface area (Å²) >= 11 is 0. The van der Waals surface area contributed by atoms with Crippen molar-refractivity contribution in [2.24, 2.45) is 4.99 Å². The van der Waals surface area contributed by atoms with Gasteiger partial charge in [0.2, 0.25) is 0 Å². The first-order chi connectivity index (χ1) is 11.7. The van der Waals surface area contributed by atoms with Gasteiger partial charge in [-0.3, -0.25) is 0 Å². The number of guanidine groups is 1. The van der Waals surface area contributed by atoms with E-state index >= 15 is 0 Å². The molecule has 0 fully saturated rings. The molecule has 5 nitrogen and oxygen atoms in total. The summed E-state index contributed by atoms with van der Waals surface area (Å²) in [6, 6.07) is 6.68. The van der Waals surface area contributed by atoms with Crippen LogP contribution in [0, 0.1) is 5.82 Å². The minimum absolute atomic E-state index is 0. The van der Waals surface area contributed by atoms with E-state index < -0.39 is 0 Å². The molecule has 2 rings (SSSR count). The van der Waals surface area contributed by atoms with Gasteiger partial charge in [0.1, 0.15) is 11.6 Å². The molecule has 1 aromatic heterocycles. The third kappa shape index (κ3) is 5.98. The molecule has 0 saturated heterocycles. The Morgan fingerprint density at radius 3 is 2.56 bits per heavy atom. The SMILES string of the molecule is CCNC(=NCc1ccccc1F)NCc1c(CC)noc1CC.I. The van der Waals surface area contributed by atoms with Crippen LogP contribution < -0.4 is 10.6 Å². The van der Waals surface area contributed by atoms with Crippen LogP contribution in [0.2, 0.25) is 0 Å². The third-order valence-electron chi connectivity index (χ3n) is 3.75. The predicted molar refractivity (Wildman–Crippen MR) is 109 cm³/mol. The molecule has 138 valence electrons. The molecule has 0 radical (unpaired) electrons. The molecule has 7 heteroatoms. The second-order valence-corrected chi connectivity index (χ2v) is 5.38. The van der Waals surface area contributed by atoms with Crippen molar-refractivity contribution in [2.75, 3.05) is 6.54 Å². The fraction of sp³-hybridized carbons (Fsp3) is 0.444. The molecule has 0 spiro atoms. The lowest BCUT2D eigenvalue weighted by atomic mass is 10.1. The molecular weight excluding hydrogens is 434 g/mol. The average molecular weight is 460 g/mol. The van der Waals surface area contributed by atoms with Crippen molar-refractivity contribution in [3.63, 3.8) is 0 Å². The topological polar surface area (TPSA) is 62.5 Å². The van der Waals surface area contributed by atoms with E-state index in [1.54, 1.807) is 12.1 Å². The molecule has 1 aromatic carbocycles. The zero-order chi connectivity index (χ0) is 17.4. The fourth-order valence-electron chi connectivity index (χ4n) is 2.44. The van der Waals surface area contributed by atoms with Crippen LogP contribution in [0.3, 0.4) is 0 Å². The molecule has 2 N–H and O–H groups in total. The van der Waals surface area contributed by atoms with Crippen molar-refractivity contribution in [3.8, 4) is 0 Å². The van der Waals surface area contributed by atoms with E-state index in [9.17, 15) is 4.39 Å². The average Bonchev–Trinajstić information content (AvgIpc) is 3.00. The second-order valence-electron chi connectivity index (χ2n) is 5.38. The van der Waals surface area contributed by atoms with Crippen LogP contribution >= 0.6 is 24.0 Å². The van der Waals surface area contributed by atoms with Gasteiger partial charge in [0.25, 0.3) is 0 Å². The number of halogens is 2. The van der Waals surface area contributed by atoms with Gasteiger partial charge in [-0.25, -0.2) is 9.38 Å². The van der Waals surface area contributed by atoms with Crippen molar-refractivity contribution in [1.29, 1.82) is 0 Å². The van der Waals surface area contributed by atoms with Crippen LogP contribution in [0.25, 0.3) is 0 Å². The largest absolute Gasteiger partial charge is 0.361 e. The normalized spacial score (nSPS) is 11.1. The Kier molecular flexibility index (Phi) is 9.48. The summed E-state index contributed by atoms with van der Waals surface area (Å²) in [5.41, 5.74) is 2.61. The first-order valence-electron chi connectivity index (χ1n) is 8.41. The van der Waals surface area contributed by atoms with Crippen LogP contribution in [0.5, 0.6) is 0 Å². The lowest BCUT2D eigenvalue weighted by Gasteiger charge is -2.12. The maximum Gasteiger partial charge on any atom is 0.191 e. The summed E-state index contributed by atoms with van der Waals surface area (Å²) in [7, 11) is 0. The highest BCUT2D eigenvalue weighted by atomic mass is 127. The Balaban J connectivity index is 0.00000312. The van der Waals surface area contributed by atoms with Crippen molar-refractivity contribution in [1.82, 2.24) is 15.8 Å². The Labute approximate surface area is 165 Å². The standard InChI is InChI=1S/C18H25FN4O.HI/c1-4-16-14(17(5-2)24-23-16)12-22-18(20-6-3)21-11-13-9-7-8-10-15(13)19;/h7-10H,4-6,11-12H2,1-3H3,(H2,20,21,22);1H. The van der Waals surface area contributed by atoms with Gasteiger partial charge < -0.3 is 15.2 Å². The number of aliphatic imine (C=N–C) groups is 1. The molecule has 2 aromatic rings. The molecule has 0 saturated carbocycles. The number of nitrogens with zero attached hydrogens (tertiary/aromatic N) is 2. The molecule has 0 aliphatic carbocycles. The summed E-state index contributed by atoms with van der Waals surface area (Å²) < 4.78 is 19.1. The minimum atomic E-state index is -0.238. The van der Waals surface area contributed by atoms with Crippen LogP contribution in [-0.2, 0) is 25.9 Å². The third-order valence-corrected chi connectivity index (χ3v) is 3.75. The van der Waals surface area contributed by atoms with Gasteiger partial charge in [-0.15, -0.1) is 24.0 Å². The fourth-order valence-corrected chi connectivity index (χ4v) is 2.44. The van der Waals surface area contributed by atoms with Crippen LogP contribution in [0.4, 0.5) is 4.39 Å². The molecule has 0 aliphatic heterocycles. The van der Waals surface area contributed by atoms with E-state index in [-0.39, 0.29) is 36.3 Å². The molecule has 0 aliphatic rings. The van der Waals surface area contributed by atoms with E-state index in [1.165, 1.54) is 6.07 Å². The van der Waals surface area contributed by atoms with Gasteiger partial charge in [0, 0.05) is 30.6 Å². The Morgan fingerprint density at radius 2 is 1.92 bits per heavy atom. The predicted octanol–water partition coefficient (Wildman–Crippen LogP) is 3.81. The zero-order valence-electron chi connectivity index (χ0n) is 14.9. The molecular formula is C18H26FIN4O. The van der Waals surface area contributed by atoms with Crippen LogP contribution in [-0.4, -0.2) is 17.7 Å². The van der Waals surface area contributed by atoms with Gasteiger partial charge in [-0.2, -0.15) is 0 Å². The van der Waals surface area contributed by atoms with E-state index in [0.717, 1.165) is 36.4 Å². The lowest BCUT2D eigenvalue weighted by Crippen LogP contribution is -2.37. The maximum atomic E-state index is 13.7. The van der Waals surface area contributed by atoms with Crippen molar-refractivity contribution in [2.45, 2.75) is 46.7 Å². The van der Waals surface area contributed by atoms with Gasteiger partial charge >= 0.3 is 0 Å². The number of aryl methyl sites for hydroxylation is 2. The van der Waals surface area contributed by atoms with E-state index in [1.807, 2.05) is 19.9 Å². The zero-order valence-corrected chi connectivity index (χ0v) is 17.3. The maximum absolute atomic E-state index is 13.7. The van der Waals surface area contributed by atoms with Gasteiger partial charge in [0.05, 0.1) is 12.2 Å². The summed E-state index contributed by atoms with van der Waals surface area (Å²) in [5, 5.41) is 10.6. The smallest absolute Gasteiger partial charge is 0.191 e. The number of aromatic nitrogens is 1. The lowest BCUT2D eigenvalue weighted by molar-refractivity contribution is 0.380. The van der Waals surface area contributed by atoms with E-state index in [2.05, 4.69) is 27.7 Å². The molecule has 0 bridgehead atoms. The molecule has 0 atom stereocenters. The molecule has 0 unspecified atom stereocenters. The quantitative estimate of drug-likeness (QED) is 0.375. The highest BCUT2D eigenvalue weighted by Crippen LogP contribution is 2.15. The van der Waals surface area contributed by atoms with Crippen molar-refractivity contribution >= 4 is 29.9 Å². The Hall–Kier alpha value is -1.64. The highest BCUT2D eigenvalue weighted by Gasteiger charge is 2.13. The first-order valence-corrected chi connectivity index (χ1v) is 8.41. The monoisotopic (exact) mass is 460 g/mol. The van der Waals surface area contributed by atoms with Crippen LogP contribution in [0.15, 0.2) is 33.8 Å². The van der Waals surface area contributed by atoms with E-state index in [0.29, 0.717) is 18.1 Å². The minimum Gasteiger partial charge on any atom is -0.361 e. The Bertz CT molecular complexity index is 666. The summed E-state index contributed by atoms with van der Waals surface area (Å²) in [4.78, 5) is 4.46. The Morgan fingerprint density at radius 1 is 1.16 bits per heavy atom. The van der Waals surface area contributed by atoms with E-state index in [4.69, 9.17) is 4.52 Å². The van der Waals surface area contributed by atoms with Crippen LogP contribution in [0.1, 0.15) is 43.4 Å². The van der Waals surface area contributed by atoms with Gasteiger partial charge in [-0.05, 0) is 19.4 Å². The van der Waals surface area contributed by atoms with Gasteiger partial charge in [0.15, 0.2) is 5.96 Å². The molecule has 25 heavy (non-hydrogen) atoms.